The summed E-state index contributed by atoms with van der Waals surface area (Å²) in [6.07, 6.45) is 6.88. The Labute approximate surface area is 129 Å². The Hall–Kier alpha value is -2.51. The molecule has 2 heterocycles. The fourth-order valence-corrected chi connectivity index (χ4v) is 1.89. The summed E-state index contributed by atoms with van der Waals surface area (Å²) >= 11 is 0. The molecule has 0 aliphatic rings. The summed E-state index contributed by atoms with van der Waals surface area (Å²) in [5.41, 5.74) is 0. The van der Waals surface area contributed by atoms with Crippen LogP contribution in [0.5, 0.6) is 5.75 Å². The monoisotopic (exact) mass is 305 g/mol. The second kappa shape index (κ2) is 8.71. The van der Waals surface area contributed by atoms with E-state index in [-0.39, 0.29) is 5.91 Å². The minimum Gasteiger partial charge on any atom is -0.493 e. The van der Waals surface area contributed by atoms with Crippen LogP contribution in [0.15, 0.2) is 30.9 Å². The number of rotatable bonds is 9. The highest BCUT2D eigenvalue weighted by molar-refractivity contribution is 5.75. The highest BCUT2D eigenvalue weighted by atomic mass is 16.5. The molecule has 0 saturated carbocycles. The molecule has 118 valence electrons. The molecule has 0 spiro atoms. The molecule has 22 heavy (non-hydrogen) atoms. The fraction of sp³-hybridized carbons (Fsp3) is 0.500. The standard InChI is InChI=1S/C14H20N6O2/c1-2-7-19-8-3-13(4-9-19)22-11-5-14(21)15-6-10-20-12-16-17-18-20/h3-4,8-9,12H,2,5-7,10-11H2,1H3/p+1. The Balaban J connectivity index is 1.60. The minimum atomic E-state index is -0.0509. The number of hydrogen-bond donors (Lipinski definition) is 1. The Morgan fingerprint density at radius 1 is 1.41 bits per heavy atom. The first-order valence-corrected chi connectivity index (χ1v) is 7.37. The van der Waals surface area contributed by atoms with Gasteiger partial charge in [0, 0.05) is 25.1 Å². The van der Waals surface area contributed by atoms with Crippen molar-refractivity contribution in [2.75, 3.05) is 13.2 Å². The SMILES string of the molecule is CCC[n+]1ccc(OCCC(=O)NCCn2cnnn2)cc1. The Bertz CT molecular complexity index is 555. The van der Waals surface area contributed by atoms with Crippen molar-refractivity contribution in [2.45, 2.75) is 32.9 Å². The number of ether oxygens (including phenoxy) is 1. The number of amides is 1. The van der Waals surface area contributed by atoms with Crippen LogP contribution in [0.4, 0.5) is 0 Å². The summed E-state index contributed by atoms with van der Waals surface area (Å²) in [5, 5.41) is 13.5. The van der Waals surface area contributed by atoms with Gasteiger partial charge in [-0.15, -0.1) is 5.10 Å². The lowest BCUT2D eigenvalue weighted by Crippen LogP contribution is -2.32. The van der Waals surface area contributed by atoms with Crippen molar-refractivity contribution in [3.8, 4) is 5.75 Å². The predicted octanol–water partition coefficient (Wildman–Crippen LogP) is -0.0441. The van der Waals surface area contributed by atoms with Gasteiger partial charge in [-0.3, -0.25) is 4.79 Å². The van der Waals surface area contributed by atoms with Crippen LogP contribution in [0.1, 0.15) is 19.8 Å². The molecule has 0 unspecified atom stereocenters. The lowest BCUT2D eigenvalue weighted by Gasteiger charge is -2.06. The van der Waals surface area contributed by atoms with E-state index < -0.39 is 0 Å². The minimum absolute atomic E-state index is 0.0509. The second-order valence-corrected chi connectivity index (χ2v) is 4.79. The average molecular weight is 305 g/mol. The number of tetrazole rings is 1. The van der Waals surface area contributed by atoms with Gasteiger partial charge in [-0.25, -0.2) is 9.25 Å². The number of hydrogen-bond acceptors (Lipinski definition) is 5. The van der Waals surface area contributed by atoms with Gasteiger partial charge in [0.25, 0.3) is 0 Å². The summed E-state index contributed by atoms with van der Waals surface area (Å²) in [5.74, 6) is 0.721. The van der Waals surface area contributed by atoms with Gasteiger partial charge in [0.05, 0.1) is 19.6 Å². The van der Waals surface area contributed by atoms with Gasteiger partial charge in [0.1, 0.15) is 18.6 Å². The number of nitrogens with zero attached hydrogens (tertiary/aromatic N) is 5. The van der Waals surface area contributed by atoms with Crippen LogP contribution in [-0.2, 0) is 17.9 Å². The van der Waals surface area contributed by atoms with Gasteiger partial charge in [0.15, 0.2) is 12.4 Å². The first-order valence-electron chi connectivity index (χ1n) is 7.37. The first-order chi connectivity index (χ1) is 10.8. The summed E-state index contributed by atoms with van der Waals surface area (Å²) in [6, 6.07) is 3.82. The van der Waals surface area contributed by atoms with Crippen LogP contribution in [0, 0.1) is 0 Å². The van der Waals surface area contributed by atoms with Crippen LogP contribution in [0.25, 0.3) is 0 Å². The first kappa shape index (κ1) is 15.9. The van der Waals surface area contributed by atoms with Gasteiger partial charge in [-0.2, -0.15) is 0 Å². The van der Waals surface area contributed by atoms with Gasteiger partial charge < -0.3 is 10.1 Å². The third-order valence-corrected chi connectivity index (χ3v) is 2.99. The number of carbonyl (C=O) groups excluding carboxylic acids is 1. The molecule has 1 N–H and O–H groups in total. The van der Waals surface area contributed by atoms with Gasteiger partial charge >= 0.3 is 0 Å². The average Bonchev–Trinajstić information content (AvgIpc) is 3.03. The highest BCUT2D eigenvalue weighted by Gasteiger charge is 2.04. The second-order valence-electron chi connectivity index (χ2n) is 4.79. The van der Waals surface area contributed by atoms with Crippen molar-refractivity contribution in [3.63, 3.8) is 0 Å². The smallest absolute Gasteiger partial charge is 0.223 e. The van der Waals surface area contributed by atoms with Crippen LogP contribution in [-0.4, -0.2) is 39.3 Å². The van der Waals surface area contributed by atoms with E-state index in [1.54, 1.807) is 4.68 Å². The molecular formula is C14H21N6O2+. The van der Waals surface area contributed by atoms with Crippen LogP contribution in [0.3, 0.4) is 0 Å². The zero-order chi connectivity index (χ0) is 15.6. The van der Waals surface area contributed by atoms with Gasteiger partial charge in [-0.05, 0) is 10.4 Å². The molecule has 2 rings (SSSR count). The summed E-state index contributed by atoms with van der Waals surface area (Å²) < 4.78 is 9.21. The molecule has 0 atom stereocenters. The Morgan fingerprint density at radius 3 is 2.91 bits per heavy atom. The lowest BCUT2D eigenvalue weighted by molar-refractivity contribution is -0.697. The lowest BCUT2D eigenvalue weighted by atomic mass is 10.4. The van der Waals surface area contributed by atoms with Crippen LogP contribution < -0.4 is 14.6 Å². The quantitative estimate of drug-likeness (QED) is 0.657. The number of carbonyl (C=O) groups is 1. The third-order valence-electron chi connectivity index (χ3n) is 2.99. The number of nitrogens with one attached hydrogen (secondary N) is 1. The summed E-state index contributed by atoms with van der Waals surface area (Å²) in [7, 11) is 0. The zero-order valence-corrected chi connectivity index (χ0v) is 12.7. The molecule has 0 aliphatic carbocycles. The van der Waals surface area contributed by atoms with Crippen molar-refractivity contribution in [2.24, 2.45) is 0 Å². The van der Waals surface area contributed by atoms with Gasteiger partial charge in [0.2, 0.25) is 5.91 Å². The number of aryl methyl sites for hydroxylation is 1. The van der Waals surface area contributed by atoms with E-state index in [9.17, 15) is 4.79 Å². The normalized spacial score (nSPS) is 10.4. The van der Waals surface area contributed by atoms with Crippen molar-refractivity contribution < 1.29 is 14.1 Å². The molecule has 2 aromatic rings. The summed E-state index contributed by atoms with van der Waals surface area (Å²) in [4.78, 5) is 11.6. The van der Waals surface area contributed by atoms with Crippen LogP contribution in [0.2, 0.25) is 0 Å². The maximum Gasteiger partial charge on any atom is 0.223 e. The molecule has 0 fully saturated rings. The fourth-order valence-electron chi connectivity index (χ4n) is 1.89. The maximum atomic E-state index is 11.6. The molecule has 0 aromatic carbocycles. The van der Waals surface area contributed by atoms with E-state index in [1.807, 2.05) is 24.5 Å². The zero-order valence-electron chi connectivity index (χ0n) is 12.7. The van der Waals surface area contributed by atoms with Crippen molar-refractivity contribution in [3.05, 3.63) is 30.9 Å². The van der Waals surface area contributed by atoms with E-state index in [0.717, 1.165) is 18.7 Å². The topological polar surface area (TPSA) is 85.8 Å². The molecule has 0 radical (unpaired) electrons. The Kier molecular flexibility index (Phi) is 6.28. The largest absolute Gasteiger partial charge is 0.493 e. The molecule has 8 heteroatoms. The van der Waals surface area contributed by atoms with Gasteiger partial charge in [-0.1, -0.05) is 6.92 Å². The molecule has 8 nitrogen and oxygen atoms in total. The molecule has 2 aromatic heterocycles. The highest BCUT2D eigenvalue weighted by Crippen LogP contribution is 2.06. The van der Waals surface area contributed by atoms with E-state index in [0.29, 0.717) is 26.1 Å². The van der Waals surface area contributed by atoms with E-state index >= 15 is 0 Å². The maximum absolute atomic E-state index is 11.6. The van der Waals surface area contributed by atoms with E-state index in [4.69, 9.17) is 4.74 Å². The molecule has 1 amide bonds. The van der Waals surface area contributed by atoms with E-state index in [1.165, 1.54) is 6.33 Å². The molecule has 0 saturated heterocycles. The predicted molar refractivity (Wildman–Crippen MR) is 77.9 cm³/mol. The van der Waals surface area contributed by atoms with E-state index in [2.05, 4.69) is 32.3 Å². The summed E-state index contributed by atoms with van der Waals surface area (Å²) in [6.45, 7) is 4.52. The molecular weight excluding hydrogens is 284 g/mol. The number of aromatic nitrogens is 5. The molecule has 0 aliphatic heterocycles. The van der Waals surface area contributed by atoms with Crippen molar-refractivity contribution in [1.29, 1.82) is 0 Å². The third kappa shape index (κ3) is 5.47. The number of pyridine rings is 1. The van der Waals surface area contributed by atoms with Crippen molar-refractivity contribution in [1.82, 2.24) is 25.5 Å². The Morgan fingerprint density at radius 2 is 2.23 bits per heavy atom. The molecule has 0 bridgehead atoms. The van der Waals surface area contributed by atoms with Crippen molar-refractivity contribution >= 4 is 5.91 Å². The van der Waals surface area contributed by atoms with Crippen LogP contribution >= 0.6 is 0 Å².